The van der Waals surface area contributed by atoms with Crippen molar-refractivity contribution in [3.05, 3.63) is 11.6 Å². The average molecular weight is 421 g/mol. The van der Waals surface area contributed by atoms with Crippen LogP contribution in [-0.2, 0) is 19.1 Å². The Morgan fingerprint density at radius 1 is 1.13 bits per heavy atom. The number of fused-ring (bicyclic) bond motifs is 3. The number of hydrogen-bond donors (Lipinski definition) is 1. The summed E-state index contributed by atoms with van der Waals surface area (Å²) in [5, 5.41) is 9.42. The minimum absolute atomic E-state index is 0.105. The van der Waals surface area contributed by atoms with Crippen molar-refractivity contribution >= 4 is 11.9 Å². The first kappa shape index (κ1) is 23.3. The number of hydrogen-bond acceptors (Lipinski definition) is 5. The van der Waals surface area contributed by atoms with Crippen LogP contribution in [0, 0.1) is 34.0 Å². The van der Waals surface area contributed by atoms with Crippen molar-refractivity contribution in [1.82, 2.24) is 0 Å². The number of carbonyl (C=O) groups excluding carboxylic acids is 2. The van der Waals surface area contributed by atoms with Gasteiger partial charge in [0.05, 0.1) is 12.5 Å². The molecule has 0 aromatic heterocycles. The van der Waals surface area contributed by atoms with Crippen LogP contribution in [0.25, 0.3) is 0 Å². The highest BCUT2D eigenvalue weighted by molar-refractivity contribution is 5.77. The van der Waals surface area contributed by atoms with E-state index in [1.807, 2.05) is 6.92 Å². The van der Waals surface area contributed by atoms with Gasteiger partial charge in [0.2, 0.25) is 0 Å². The maximum atomic E-state index is 13.3. The SMILES string of the molecule is CC(=O)O[C@@H](CO)COC(=O)[C@@H]1C(C)=CC[C@H]2[C@@]1(C)CC[C@@H]1C(C)(C)CCC[C@]21C. The summed E-state index contributed by atoms with van der Waals surface area (Å²) in [6.45, 7) is 12.5. The molecule has 3 rings (SSSR count). The van der Waals surface area contributed by atoms with E-state index in [0.29, 0.717) is 17.3 Å². The normalized spacial score (nSPS) is 38.5. The first-order valence-electron chi connectivity index (χ1n) is 11.6. The van der Waals surface area contributed by atoms with Crippen molar-refractivity contribution in [1.29, 1.82) is 0 Å². The third kappa shape index (κ3) is 3.94. The zero-order chi connectivity index (χ0) is 22.3. The number of esters is 2. The summed E-state index contributed by atoms with van der Waals surface area (Å²) in [7, 11) is 0. The van der Waals surface area contributed by atoms with E-state index >= 15 is 0 Å². The highest BCUT2D eigenvalue weighted by Crippen LogP contribution is 2.68. The van der Waals surface area contributed by atoms with E-state index in [1.54, 1.807) is 0 Å². The highest BCUT2D eigenvalue weighted by atomic mass is 16.6. The molecule has 5 heteroatoms. The van der Waals surface area contributed by atoms with Crippen LogP contribution in [-0.4, -0.2) is 36.4 Å². The summed E-state index contributed by atoms with van der Waals surface area (Å²) in [5.41, 5.74) is 1.53. The van der Waals surface area contributed by atoms with Gasteiger partial charge in [0, 0.05) is 6.92 Å². The summed E-state index contributed by atoms with van der Waals surface area (Å²) in [6, 6.07) is 0. The van der Waals surface area contributed by atoms with Crippen molar-refractivity contribution in [3.8, 4) is 0 Å². The molecule has 0 heterocycles. The van der Waals surface area contributed by atoms with E-state index in [4.69, 9.17) is 9.47 Å². The molecule has 3 aliphatic carbocycles. The second kappa shape index (κ2) is 8.29. The summed E-state index contributed by atoms with van der Waals surface area (Å²) in [5.74, 6) is 0.112. The standard InChI is InChI=1S/C25H40O5/c1-16-8-9-20-24(5)12-7-11-23(3,4)19(24)10-13-25(20,6)21(16)22(28)29-15-18(14-26)30-17(2)27/h8,18-21,26H,7,9-15H2,1-6H3/t18-,19+,20+,21-,24-,25+/m0/s1. The monoisotopic (exact) mass is 420 g/mol. The number of rotatable bonds is 5. The fourth-order valence-corrected chi connectivity index (χ4v) is 7.58. The van der Waals surface area contributed by atoms with Crippen LogP contribution in [0.15, 0.2) is 11.6 Å². The van der Waals surface area contributed by atoms with E-state index in [9.17, 15) is 14.7 Å². The van der Waals surface area contributed by atoms with Gasteiger partial charge in [-0.25, -0.2) is 0 Å². The molecule has 30 heavy (non-hydrogen) atoms. The third-order valence-electron chi connectivity index (χ3n) is 8.81. The van der Waals surface area contributed by atoms with Crippen LogP contribution in [0.3, 0.4) is 0 Å². The van der Waals surface area contributed by atoms with Gasteiger partial charge >= 0.3 is 11.9 Å². The lowest BCUT2D eigenvalue weighted by Gasteiger charge is -2.64. The first-order valence-corrected chi connectivity index (χ1v) is 11.6. The number of allylic oxidation sites excluding steroid dienone is 1. The van der Waals surface area contributed by atoms with Gasteiger partial charge in [0.15, 0.2) is 6.10 Å². The minimum atomic E-state index is -0.810. The molecule has 0 saturated heterocycles. The second-order valence-corrected chi connectivity index (χ2v) is 11.2. The zero-order valence-electron chi connectivity index (χ0n) is 19.6. The van der Waals surface area contributed by atoms with Gasteiger partial charge < -0.3 is 14.6 Å². The molecule has 0 aromatic carbocycles. The van der Waals surface area contributed by atoms with Crippen LogP contribution >= 0.6 is 0 Å². The number of carbonyl (C=O) groups is 2. The van der Waals surface area contributed by atoms with Crippen molar-refractivity contribution in [2.24, 2.45) is 34.0 Å². The second-order valence-electron chi connectivity index (χ2n) is 11.2. The Labute approximate surface area is 181 Å². The van der Waals surface area contributed by atoms with E-state index < -0.39 is 12.1 Å². The van der Waals surface area contributed by atoms with Crippen molar-refractivity contribution in [2.45, 2.75) is 86.2 Å². The van der Waals surface area contributed by atoms with E-state index in [-0.39, 0.29) is 35.9 Å². The molecule has 6 atom stereocenters. The lowest BCUT2D eigenvalue weighted by Crippen LogP contribution is -2.58. The van der Waals surface area contributed by atoms with Crippen LogP contribution in [0.4, 0.5) is 0 Å². The maximum Gasteiger partial charge on any atom is 0.313 e. The van der Waals surface area contributed by atoms with Crippen molar-refractivity contribution in [3.63, 3.8) is 0 Å². The number of aliphatic hydroxyl groups excluding tert-OH is 1. The molecule has 3 aliphatic rings. The molecule has 0 radical (unpaired) electrons. The molecule has 0 aromatic rings. The molecular formula is C25H40O5. The van der Waals surface area contributed by atoms with Crippen molar-refractivity contribution in [2.75, 3.05) is 13.2 Å². The molecule has 2 saturated carbocycles. The Morgan fingerprint density at radius 2 is 1.83 bits per heavy atom. The molecule has 0 unspecified atom stereocenters. The van der Waals surface area contributed by atoms with Crippen LogP contribution in [0.2, 0.25) is 0 Å². The molecule has 0 spiro atoms. The fraction of sp³-hybridized carbons (Fsp3) is 0.840. The molecule has 5 nitrogen and oxygen atoms in total. The molecule has 2 fully saturated rings. The Morgan fingerprint density at radius 3 is 2.47 bits per heavy atom. The van der Waals surface area contributed by atoms with E-state index in [0.717, 1.165) is 24.8 Å². The predicted molar refractivity (Wildman–Crippen MR) is 116 cm³/mol. The molecule has 1 N–H and O–H groups in total. The number of aliphatic hydroxyl groups is 1. The van der Waals surface area contributed by atoms with Crippen molar-refractivity contribution < 1.29 is 24.2 Å². The summed E-state index contributed by atoms with van der Waals surface area (Å²) < 4.78 is 10.6. The van der Waals surface area contributed by atoms with Gasteiger partial charge in [-0.2, -0.15) is 0 Å². The Hall–Kier alpha value is -1.36. The Bertz CT molecular complexity index is 710. The zero-order valence-corrected chi connectivity index (χ0v) is 19.6. The molecule has 0 bridgehead atoms. The van der Waals surface area contributed by atoms with Gasteiger partial charge in [-0.3, -0.25) is 9.59 Å². The molecule has 170 valence electrons. The van der Waals surface area contributed by atoms with E-state index in [2.05, 4.69) is 33.8 Å². The Balaban J connectivity index is 1.83. The third-order valence-corrected chi connectivity index (χ3v) is 8.81. The average Bonchev–Trinajstić information content (AvgIpc) is 2.63. The van der Waals surface area contributed by atoms with Gasteiger partial charge in [-0.05, 0) is 67.1 Å². The maximum absolute atomic E-state index is 13.3. The summed E-state index contributed by atoms with van der Waals surface area (Å²) in [6.07, 6.45) is 8.43. The topological polar surface area (TPSA) is 72.8 Å². The fourth-order valence-electron chi connectivity index (χ4n) is 7.58. The quantitative estimate of drug-likeness (QED) is 0.517. The molecule has 0 aliphatic heterocycles. The smallest absolute Gasteiger partial charge is 0.313 e. The van der Waals surface area contributed by atoms with Crippen LogP contribution in [0.1, 0.15) is 80.1 Å². The molecule has 0 amide bonds. The number of ether oxygens (including phenoxy) is 2. The lowest BCUT2D eigenvalue weighted by molar-refractivity contribution is -0.177. The molecular weight excluding hydrogens is 380 g/mol. The Kier molecular flexibility index (Phi) is 6.44. The van der Waals surface area contributed by atoms with Gasteiger partial charge in [0.1, 0.15) is 6.61 Å². The minimum Gasteiger partial charge on any atom is -0.461 e. The van der Waals surface area contributed by atoms with Gasteiger partial charge in [-0.15, -0.1) is 0 Å². The summed E-state index contributed by atoms with van der Waals surface area (Å²) in [4.78, 5) is 24.5. The van der Waals surface area contributed by atoms with Gasteiger partial charge in [0.25, 0.3) is 0 Å². The van der Waals surface area contributed by atoms with Crippen LogP contribution < -0.4 is 0 Å². The first-order chi connectivity index (χ1) is 14.0. The van der Waals surface area contributed by atoms with Gasteiger partial charge in [-0.1, -0.05) is 45.8 Å². The summed E-state index contributed by atoms with van der Waals surface area (Å²) >= 11 is 0. The van der Waals surface area contributed by atoms with E-state index in [1.165, 1.54) is 26.2 Å². The highest BCUT2D eigenvalue weighted by Gasteiger charge is 2.62. The largest absolute Gasteiger partial charge is 0.461 e. The van der Waals surface area contributed by atoms with Crippen LogP contribution in [0.5, 0.6) is 0 Å². The lowest BCUT2D eigenvalue weighted by atomic mass is 9.40. The predicted octanol–water partition coefficient (Wildman–Crippen LogP) is 4.67.